The van der Waals surface area contributed by atoms with Crippen molar-refractivity contribution >= 4 is 46.5 Å². The van der Waals surface area contributed by atoms with Crippen molar-refractivity contribution in [3.63, 3.8) is 0 Å². The highest BCUT2D eigenvalue weighted by Crippen LogP contribution is 2.42. The summed E-state index contributed by atoms with van der Waals surface area (Å²) in [5.74, 6) is 0.591. The number of aliphatic hydroxyl groups is 1. The largest absolute Gasteiger partial charge is 0.487 e. The minimum atomic E-state index is -0.892. The number of thioether (sulfide) groups is 1. The van der Waals surface area contributed by atoms with E-state index >= 15 is 0 Å². The Labute approximate surface area is 229 Å². The molecule has 202 valence electrons. The van der Waals surface area contributed by atoms with E-state index < -0.39 is 11.6 Å². The summed E-state index contributed by atoms with van der Waals surface area (Å²) in [6.07, 6.45) is 0.549. The normalized spacial score (nSPS) is 15.1. The summed E-state index contributed by atoms with van der Waals surface area (Å²) in [5, 5.41) is 23.5. The molecular weight excluding hydrogens is 533 g/mol. The fourth-order valence-corrected chi connectivity index (χ4v) is 4.87. The predicted molar refractivity (Wildman–Crippen MR) is 146 cm³/mol. The van der Waals surface area contributed by atoms with Gasteiger partial charge < -0.3 is 30.7 Å². The minimum Gasteiger partial charge on any atom is -0.487 e. The van der Waals surface area contributed by atoms with Gasteiger partial charge in [-0.3, -0.25) is 10.1 Å². The Morgan fingerprint density at radius 2 is 2.11 bits per heavy atom. The van der Waals surface area contributed by atoms with E-state index in [-0.39, 0.29) is 18.3 Å². The van der Waals surface area contributed by atoms with Crippen LogP contribution in [0.2, 0.25) is 5.02 Å². The van der Waals surface area contributed by atoms with Gasteiger partial charge >= 0.3 is 0 Å². The number of nitrogens with one attached hydrogen (secondary N) is 4. The van der Waals surface area contributed by atoms with E-state index in [4.69, 9.17) is 16.3 Å². The van der Waals surface area contributed by atoms with E-state index in [9.17, 15) is 14.3 Å². The minimum absolute atomic E-state index is 0.0793. The van der Waals surface area contributed by atoms with Crippen LogP contribution in [0.5, 0.6) is 5.75 Å². The quantitative estimate of drug-likeness (QED) is 0.128. The van der Waals surface area contributed by atoms with E-state index in [2.05, 4.69) is 31.2 Å². The Hall–Kier alpha value is -3.16. The second-order valence-corrected chi connectivity index (χ2v) is 10.3. The Balaban J connectivity index is 1.31. The topological polar surface area (TPSA) is 124 Å². The van der Waals surface area contributed by atoms with Gasteiger partial charge in [-0.15, -0.1) is 0 Å². The lowest BCUT2D eigenvalue weighted by Gasteiger charge is -2.20. The number of hydrogen-bond acceptors (Lipinski definition) is 10. The average Bonchev–Trinajstić information content (AvgIpc) is 3.31. The summed E-state index contributed by atoms with van der Waals surface area (Å²) < 4.78 is 19.1. The molecule has 0 saturated heterocycles. The van der Waals surface area contributed by atoms with Gasteiger partial charge in [0, 0.05) is 18.8 Å². The molecule has 2 aromatic carbocycles. The molecule has 0 spiro atoms. The Kier molecular flexibility index (Phi) is 9.58. The van der Waals surface area contributed by atoms with Gasteiger partial charge in [-0.2, -0.15) is 0 Å². The van der Waals surface area contributed by atoms with Crippen molar-refractivity contribution in [3.8, 4) is 5.75 Å². The first-order valence-corrected chi connectivity index (χ1v) is 13.1. The van der Waals surface area contributed by atoms with Gasteiger partial charge in [-0.25, -0.2) is 14.4 Å². The monoisotopic (exact) mass is 561 g/mol. The van der Waals surface area contributed by atoms with Crippen molar-refractivity contribution in [3.05, 3.63) is 65.2 Å². The van der Waals surface area contributed by atoms with Crippen LogP contribution < -0.4 is 26.0 Å². The zero-order valence-corrected chi connectivity index (χ0v) is 22.4. The SMILES string of the molecule is CN(C)CC(=O)NCCNC(O)C1Nc2c(Nc3ccc(OCc4cccc(F)c4)c(Cl)c3)ncnc2S1. The molecule has 0 fully saturated rings. The summed E-state index contributed by atoms with van der Waals surface area (Å²) in [7, 11) is 3.65. The second kappa shape index (κ2) is 13.1. The zero-order chi connectivity index (χ0) is 27.1. The standard InChI is InChI=1S/C25H29ClFN7O3S/c1-34(2)12-20(35)28-8-9-29-23(36)25-33-21-22(30-14-31-24(21)38-25)32-17-6-7-19(18(26)11-17)37-13-15-4-3-5-16(27)10-15/h3-7,10-11,14,23,25,29,33,36H,8-9,12-13H2,1-2H3,(H,28,35)(H,30,31,32). The number of fused-ring (bicyclic) bond motifs is 1. The van der Waals surface area contributed by atoms with Gasteiger partial charge in [-0.1, -0.05) is 35.5 Å². The maximum absolute atomic E-state index is 13.4. The summed E-state index contributed by atoms with van der Waals surface area (Å²) in [4.78, 5) is 22.1. The third-order valence-corrected chi connectivity index (χ3v) is 6.82. The molecule has 2 unspecified atom stereocenters. The molecule has 10 nitrogen and oxygen atoms in total. The lowest BCUT2D eigenvalue weighted by atomic mass is 10.2. The molecule has 2 atom stereocenters. The van der Waals surface area contributed by atoms with Gasteiger partial charge in [0.15, 0.2) is 5.82 Å². The summed E-state index contributed by atoms with van der Waals surface area (Å²) >= 11 is 7.79. The van der Waals surface area contributed by atoms with Crippen LogP contribution in [-0.4, -0.2) is 71.2 Å². The molecule has 1 aliphatic rings. The predicted octanol–water partition coefficient (Wildman–Crippen LogP) is 3.02. The third-order valence-electron chi connectivity index (χ3n) is 5.36. The molecule has 0 radical (unpaired) electrons. The van der Waals surface area contributed by atoms with Crippen molar-refractivity contribution in [1.82, 2.24) is 25.5 Å². The van der Waals surface area contributed by atoms with Crippen LogP contribution in [0.3, 0.4) is 0 Å². The number of hydrogen-bond donors (Lipinski definition) is 5. The van der Waals surface area contributed by atoms with E-state index in [0.717, 1.165) is 0 Å². The number of rotatable bonds is 12. The van der Waals surface area contributed by atoms with E-state index in [0.29, 0.717) is 58.2 Å². The van der Waals surface area contributed by atoms with Gasteiger partial charge in [0.2, 0.25) is 5.91 Å². The number of anilines is 3. The van der Waals surface area contributed by atoms with Gasteiger partial charge in [0.25, 0.3) is 0 Å². The second-order valence-electron chi connectivity index (χ2n) is 8.76. The molecule has 1 aromatic heterocycles. The fraction of sp³-hybridized carbons (Fsp3) is 0.320. The van der Waals surface area contributed by atoms with Crippen molar-refractivity contribution in [2.75, 3.05) is 44.4 Å². The first-order chi connectivity index (χ1) is 18.3. The van der Waals surface area contributed by atoms with Crippen LogP contribution in [0.4, 0.5) is 21.6 Å². The molecule has 13 heteroatoms. The number of nitrogens with zero attached hydrogens (tertiary/aromatic N) is 3. The number of aromatic nitrogens is 2. The molecule has 5 N–H and O–H groups in total. The number of halogens is 2. The number of carbonyl (C=O) groups excluding carboxylic acids is 1. The Morgan fingerprint density at radius 1 is 1.26 bits per heavy atom. The lowest BCUT2D eigenvalue weighted by molar-refractivity contribution is -0.121. The van der Waals surface area contributed by atoms with Crippen molar-refractivity contribution in [1.29, 1.82) is 0 Å². The van der Waals surface area contributed by atoms with Crippen LogP contribution >= 0.6 is 23.4 Å². The number of carbonyl (C=O) groups is 1. The van der Waals surface area contributed by atoms with Gasteiger partial charge in [-0.05, 0) is 50.0 Å². The molecule has 0 aliphatic carbocycles. The van der Waals surface area contributed by atoms with Crippen LogP contribution in [0, 0.1) is 5.82 Å². The summed E-state index contributed by atoms with van der Waals surface area (Å²) in [6, 6.07) is 11.4. The first kappa shape index (κ1) is 27.9. The smallest absolute Gasteiger partial charge is 0.234 e. The molecule has 0 saturated carbocycles. The highest BCUT2D eigenvalue weighted by atomic mass is 35.5. The van der Waals surface area contributed by atoms with Crippen molar-refractivity contribution in [2.24, 2.45) is 0 Å². The van der Waals surface area contributed by atoms with Gasteiger partial charge in [0.05, 0.1) is 11.6 Å². The molecular formula is C25H29ClFN7O3S. The Morgan fingerprint density at radius 3 is 2.87 bits per heavy atom. The van der Waals surface area contributed by atoms with Gasteiger partial charge in [0.1, 0.15) is 46.8 Å². The van der Waals surface area contributed by atoms with Crippen LogP contribution in [0.1, 0.15) is 5.56 Å². The number of benzene rings is 2. The molecule has 3 aromatic rings. The van der Waals surface area contributed by atoms with Crippen molar-refractivity contribution in [2.45, 2.75) is 23.2 Å². The number of ether oxygens (including phenoxy) is 1. The maximum Gasteiger partial charge on any atom is 0.234 e. The van der Waals surface area contributed by atoms with Crippen LogP contribution in [0.15, 0.2) is 53.8 Å². The van der Waals surface area contributed by atoms with E-state index in [1.807, 2.05) is 14.1 Å². The fourth-order valence-electron chi connectivity index (χ4n) is 3.61. The van der Waals surface area contributed by atoms with Crippen LogP contribution in [-0.2, 0) is 11.4 Å². The van der Waals surface area contributed by atoms with E-state index in [1.54, 1.807) is 35.2 Å². The third kappa shape index (κ3) is 7.68. The highest BCUT2D eigenvalue weighted by Gasteiger charge is 2.31. The maximum atomic E-state index is 13.4. The molecule has 2 heterocycles. The Bertz CT molecular complexity index is 1270. The molecule has 1 amide bonds. The van der Waals surface area contributed by atoms with Crippen LogP contribution in [0.25, 0.3) is 0 Å². The number of aliphatic hydroxyl groups excluding tert-OH is 1. The molecule has 4 rings (SSSR count). The summed E-state index contributed by atoms with van der Waals surface area (Å²) in [6.45, 7) is 1.29. The number of amides is 1. The number of likely N-dealkylation sites (N-methyl/N-ethyl adjacent to an activating group) is 1. The lowest BCUT2D eigenvalue weighted by Crippen LogP contribution is -2.44. The molecule has 1 aliphatic heterocycles. The van der Waals surface area contributed by atoms with Crippen molar-refractivity contribution < 1.29 is 19.0 Å². The zero-order valence-electron chi connectivity index (χ0n) is 20.9. The van der Waals surface area contributed by atoms with E-state index in [1.165, 1.54) is 30.2 Å². The summed E-state index contributed by atoms with van der Waals surface area (Å²) in [5.41, 5.74) is 2.03. The average molecular weight is 562 g/mol. The first-order valence-electron chi connectivity index (χ1n) is 11.8. The molecule has 38 heavy (non-hydrogen) atoms. The molecule has 0 bridgehead atoms. The highest BCUT2D eigenvalue weighted by molar-refractivity contribution is 8.00.